The maximum Gasteiger partial charge on any atom is 0.317 e. The molecule has 2 saturated heterocycles. The van der Waals surface area contributed by atoms with Gasteiger partial charge in [0.25, 0.3) is 0 Å². The SMILES string of the molecule is Cc1ccc(SC2(C(=O)N3CCN(C(=O)NCCOCCN)CC3)CC(=O)N(Cc3ccc(Br)cc3)C2c2c[nH]c3cc(Cl)ccc23)cc1. The lowest BCUT2D eigenvalue weighted by Crippen LogP contribution is -2.58. The van der Waals surface area contributed by atoms with Gasteiger partial charge < -0.3 is 35.5 Å². The standard InChI is InChI=1S/C36H40BrClN6O4S/c1-24-2-9-28(10-3-24)49-36(34(46)42-14-16-43(17-15-42)35(47)40-13-19-48-18-12-39)21-32(45)44(23-25-4-6-26(37)7-5-25)33(36)30-22-41-31-20-27(38)8-11-29(30)31/h2-11,20,22,33,41H,12-19,21,23,39H2,1H3,(H,40,47). The first kappa shape index (κ1) is 35.3. The number of thioether (sulfide) groups is 1. The van der Waals surface area contributed by atoms with Gasteiger partial charge in [-0.3, -0.25) is 9.59 Å². The number of hydrogen-bond donors (Lipinski definition) is 3. The predicted octanol–water partition coefficient (Wildman–Crippen LogP) is 5.73. The Balaban J connectivity index is 1.35. The zero-order valence-electron chi connectivity index (χ0n) is 27.3. The number of likely N-dealkylation sites (tertiary alicyclic amines) is 1. The Hall–Kier alpha value is -3.55. The summed E-state index contributed by atoms with van der Waals surface area (Å²) in [6.45, 7) is 5.44. The van der Waals surface area contributed by atoms with E-state index in [2.05, 4.69) is 26.2 Å². The Morgan fingerprint density at radius 3 is 2.47 bits per heavy atom. The van der Waals surface area contributed by atoms with Crippen LogP contribution in [0.3, 0.4) is 0 Å². The van der Waals surface area contributed by atoms with E-state index in [0.29, 0.717) is 64.0 Å². The van der Waals surface area contributed by atoms with Crippen LogP contribution in [0.15, 0.2) is 82.3 Å². The fourth-order valence-electron chi connectivity index (χ4n) is 6.60. The Morgan fingerprint density at radius 1 is 1.04 bits per heavy atom. The first-order valence-corrected chi connectivity index (χ1v) is 18.3. The zero-order valence-corrected chi connectivity index (χ0v) is 30.5. The number of aryl methyl sites for hydroxylation is 1. The molecule has 2 unspecified atom stereocenters. The number of fused-ring (bicyclic) bond motifs is 1. The molecule has 258 valence electrons. The summed E-state index contributed by atoms with van der Waals surface area (Å²) in [5, 5.41) is 4.39. The number of piperazine rings is 1. The molecule has 49 heavy (non-hydrogen) atoms. The minimum absolute atomic E-state index is 0.0231. The van der Waals surface area contributed by atoms with Crippen molar-refractivity contribution in [2.24, 2.45) is 5.73 Å². The number of aromatic amines is 1. The zero-order chi connectivity index (χ0) is 34.5. The van der Waals surface area contributed by atoms with Crippen LogP contribution in [-0.4, -0.2) is 94.8 Å². The van der Waals surface area contributed by atoms with Crippen LogP contribution in [0.25, 0.3) is 10.9 Å². The van der Waals surface area contributed by atoms with Crippen LogP contribution in [0.1, 0.15) is 29.2 Å². The normalized spacial score (nSPS) is 19.6. The van der Waals surface area contributed by atoms with E-state index in [9.17, 15) is 9.59 Å². The van der Waals surface area contributed by atoms with E-state index >= 15 is 4.79 Å². The second-order valence-corrected chi connectivity index (χ2v) is 15.1. The number of rotatable bonds is 11. The number of ether oxygens (including phenoxy) is 1. The lowest BCUT2D eigenvalue weighted by molar-refractivity contribution is -0.136. The predicted molar refractivity (Wildman–Crippen MR) is 197 cm³/mol. The number of hydrogen-bond acceptors (Lipinski definition) is 6. The van der Waals surface area contributed by atoms with Gasteiger partial charge in [0.15, 0.2) is 0 Å². The molecule has 4 N–H and O–H groups in total. The molecule has 2 atom stereocenters. The highest BCUT2D eigenvalue weighted by molar-refractivity contribution is 9.10. The van der Waals surface area contributed by atoms with E-state index in [1.807, 2.05) is 89.7 Å². The maximum atomic E-state index is 15.2. The quantitative estimate of drug-likeness (QED) is 0.168. The second-order valence-electron chi connectivity index (χ2n) is 12.4. The maximum absolute atomic E-state index is 15.2. The highest BCUT2D eigenvalue weighted by atomic mass is 79.9. The smallest absolute Gasteiger partial charge is 0.317 e. The van der Waals surface area contributed by atoms with Gasteiger partial charge in [-0.25, -0.2) is 4.79 Å². The Bertz CT molecular complexity index is 1800. The van der Waals surface area contributed by atoms with E-state index in [1.54, 1.807) is 4.90 Å². The average molecular weight is 768 g/mol. The van der Waals surface area contributed by atoms with Crippen molar-refractivity contribution in [2.45, 2.75) is 35.6 Å². The number of urea groups is 1. The van der Waals surface area contributed by atoms with Gasteiger partial charge in [0.2, 0.25) is 11.8 Å². The van der Waals surface area contributed by atoms with Crippen molar-refractivity contribution < 1.29 is 19.1 Å². The average Bonchev–Trinajstić information content (AvgIpc) is 3.63. The van der Waals surface area contributed by atoms with E-state index < -0.39 is 10.8 Å². The van der Waals surface area contributed by atoms with Crippen LogP contribution >= 0.6 is 39.3 Å². The van der Waals surface area contributed by atoms with Crippen molar-refractivity contribution in [3.05, 3.63) is 99.1 Å². The van der Waals surface area contributed by atoms with Crippen LogP contribution in [0.4, 0.5) is 4.79 Å². The van der Waals surface area contributed by atoms with Crippen LogP contribution < -0.4 is 11.1 Å². The summed E-state index contributed by atoms with van der Waals surface area (Å²) < 4.78 is 5.12. The van der Waals surface area contributed by atoms with Gasteiger partial charge in [-0.2, -0.15) is 0 Å². The van der Waals surface area contributed by atoms with Crippen LogP contribution in [0.2, 0.25) is 5.02 Å². The van der Waals surface area contributed by atoms with Gasteiger partial charge in [0, 0.05) is 82.9 Å². The second kappa shape index (κ2) is 15.6. The molecule has 0 spiro atoms. The van der Waals surface area contributed by atoms with Crippen LogP contribution in [0.5, 0.6) is 0 Å². The van der Waals surface area contributed by atoms with Gasteiger partial charge in [-0.05, 0) is 48.9 Å². The van der Waals surface area contributed by atoms with Crippen molar-refractivity contribution in [3.63, 3.8) is 0 Å². The first-order chi connectivity index (χ1) is 23.7. The molecule has 4 aromatic rings. The Morgan fingerprint density at radius 2 is 1.76 bits per heavy atom. The molecule has 13 heteroatoms. The van der Waals surface area contributed by atoms with Gasteiger partial charge in [-0.1, -0.05) is 63.4 Å². The fourth-order valence-corrected chi connectivity index (χ4v) is 8.51. The summed E-state index contributed by atoms with van der Waals surface area (Å²) in [5.41, 5.74) is 9.22. The third-order valence-electron chi connectivity index (χ3n) is 9.05. The van der Waals surface area contributed by atoms with Gasteiger partial charge >= 0.3 is 6.03 Å². The number of carbonyl (C=O) groups is 3. The topological polar surface area (TPSA) is 124 Å². The molecule has 1 aromatic heterocycles. The summed E-state index contributed by atoms with van der Waals surface area (Å²) >= 11 is 11.3. The van der Waals surface area contributed by atoms with Gasteiger partial charge in [0.1, 0.15) is 4.75 Å². The monoisotopic (exact) mass is 766 g/mol. The number of benzene rings is 3. The summed E-state index contributed by atoms with van der Waals surface area (Å²) in [5.74, 6) is -0.215. The van der Waals surface area contributed by atoms with Crippen molar-refractivity contribution >= 4 is 68.0 Å². The summed E-state index contributed by atoms with van der Waals surface area (Å²) in [7, 11) is 0. The van der Waals surface area contributed by atoms with Gasteiger partial charge in [0.05, 0.1) is 25.7 Å². The van der Waals surface area contributed by atoms with Crippen LogP contribution in [0, 0.1) is 6.92 Å². The molecule has 3 aromatic carbocycles. The third-order valence-corrected chi connectivity index (χ3v) is 11.2. The van der Waals surface area contributed by atoms with Crippen molar-refractivity contribution in [2.75, 3.05) is 52.5 Å². The summed E-state index contributed by atoms with van der Waals surface area (Å²) in [6.07, 6.45) is 1.94. The highest BCUT2D eigenvalue weighted by Crippen LogP contribution is 2.55. The molecule has 3 heterocycles. The number of aromatic nitrogens is 1. The molecule has 0 radical (unpaired) electrons. The summed E-state index contributed by atoms with van der Waals surface area (Å²) in [4.78, 5) is 52.0. The summed E-state index contributed by atoms with van der Waals surface area (Å²) in [6, 6.07) is 20.8. The number of amides is 4. The molecular weight excluding hydrogens is 728 g/mol. The van der Waals surface area contributed by atoms with Crippen molar-refractivity contribution in [3.8, 4) is 0 Å². The molecule has 0 aliphatic carbocycles. The number of halogens is 2. The molecule has 10 nitrogen and oxygen atoms in total. The van der Waals surface area contributed by atoms with E-state index in [0.717, 1.165) is 37.0 Å². The molecule has 4 amide bonds. The number of nitrogens with two attached hydrogens (primary N) is 1. The molecular formula is C36H40BrClN6O4S. The van der Waals surface area contributed by atoms with E-state index in [-0.39, 0.29) is 24.3 Å². The minimum atomic E-state index is -1.19. The van der Waals surface area contributed by atoms with Crippen LogP contribution in [-0.2, 0) is 20.9 Å². The number of H-pyrrole nitrogens is 1. The van der Waals surface area contributed by atoms with Crippen molar-refractivity contribution in [1.29, 1.82) is 0 Å². The van der Waals surface area contributed by atoms with E-state index in [4.69, 9.17) is 22.1 Å². The number of nitrogens with zero attached hydrogens (tertiary/aromatic N) is 3. The first-order valence-electron chi connectivity index (χ1n) is 16.3. The number of nitrogens with one attached hydrogen (secondary N) is 2. The Kier molecular flexibility index (Phi) is 11.2. The minimum Gasteiger partial charge on any atom is -0.378 e. The lowest BCUT2D eigenvalue weighted by atomic mass is 9.90. The molecule has 2 fully saturated rings. The molecule has 0 saturated carbocycles. The fraction of sp³-hybridized carbons (Fsp3) is 0.361. The van der Waals surface area contributed by atoms with Gasteiger partial charge in [-0.15, -0.1) is 11.8 Å². The largest absolute Gasteiger partial charge is 0.378 e. The number of carbonyl (C=O) groups excluding carboxylic acids is 3. The Labute approximate surface area is 303 Å². The van der Waals surface area contributed by atoms with Crippen molar-refractivity contribution in [1.82, 2.24) is 25.0 Å². The molecule has 2 aliphatic heterocycles. The highest BCUT2D eigenvalue weighted by Gasteiger charge is 2.60. The third kappa shape index (κ3) is 7.78. The van der Waals surface area contributed by atoms with E-state index in [1.165, 1.54) is 11.8 Å². The molecule has 6 rings (SSSR count). The molecule has 0 bridgehead atoms. The lowest BCUT2D eigenvalue weighted by Gasteiger charge is -2.42. The molecule has 2 aliphatic rings.